The molecule has 3 N–H and O–H groups in total. The van der Waals surface area contributed by atoms with Crippen LogP contribution in [0.3, 0.4) is 0 Å². The van der Waals surface area contributed by atoms with Gasteiger partial charge in [0.25, 0.3) is 10.0 Å². The van der Waals surface area contributed by atoms with Gasteiger partial charge in [-0.25, -0.2) is 8.42 Å². The van der Waals surface area contributed by atoms with Gasteiger partial charge >= 0.3 is 0 Å². The number of hydrogen-bond donors (Lipinski definition) is 2. The van der Waals surface area contributed by atoms with Crippen molar-refractivity contribution in [2.75, 3.05) is 10.5 Å². The summed E-state index contributed by atoms with van der Waals surface area (Å²) in [6.45, 7) is 1.76. The third-order valence-corrected chi connectivity index (χ3v) is 4.92. The number of nitrogens with two attached hydrogens (primary N) is 1. The molecule has 1 heterocycles. The highest BCUT2D eigenvalue weighted by Crippen LogP contribution is 2.34. The summed E-state index contributed by atoms with van der Waals surface area (Å²) in [7, 11) is -3.87. The lowest BCUT2D eigenvalue weighted by molar-refractivity contribution is 0.601. The molecule has 0 aliphatic carbocycles. The van der Waals surface area contributed by atoms with E-state index in [9.17, 15) is 8.42 Å². The van der Waals surface area contributed by atoms with Crippen molar-refractivity contribution in [2.24, 2.45) is 0 Å². The lowest BCUT2D eigenvalue weighted by atomic mass is 10.3. The SMILES string of the molecule is Cc1ccncc1NS(=O)(=O)c1ccc(Cl)c(N)c1Cl. The van der Waals surface area contributed by atoms with Gasteiger partial charge in [-0.15, -0.1) is 0 Å². The van der Waals surface area contributed by atoms with Crippen LogP contribution in [0, 0.1) is 6.92 Å². The molecule has 1 aromatic carbocycles. The van der Waals surface area contributed by atoms with E-state index in [2.05, 4.69) is 9.71 Å². The van der Waals surface area contributed by atoms with Crippen LogP contribution in [0.1, 0.15) is 5.56 Å². The monoisotopic (exact) mass is 331 g/mol. The third-order valence-electron chi connectivity index (χ3n) is 2.66. The van der Waals surface area contributed by atoms with Crippen LogP contribution in [-0.4, -0.2) is 13.4 Å². The van der Waals surface area contributed by atoms with E-state index in [-0.39, 0.29) is 20.6 Å². The average Bonchev–Trinajstić information content (AvgIpc) is 2.38. The zero-order chi connectivity index (χ0) is 14.9. The zero-order valence-electron chi connectivity index (χ0n) is 10.4. The topological polar surface area (TPSA) is 85.1 Å². The van der Waals surface area contributed by atoms with Gasteiger partial charge < -0.3 is 5.73 Å². The van der Waals surface area contributed by atoms with Crippen LogP contribution in [0.2, 0.25) is 10.0 Å². The molecule has 5 nitrogen and oxygen atoms in total. The normalized spacial score (nSPS) is 11.3. The maximum atomic E-state index is 12.3. The predicted octanol–water partition coefficient (Wildman–Crippen LogP) is 3.08. The van der Waals surface area contributed by atoms with Crippen molar-refractivity contribution in [1.29, 1.82) is 0 Å². The van der Waals surface area contributed by atoms with E-state index in [0.29, 0.717) is 5.69 Å². The van der Waals surface area contributed by atoms with Gasteiger partial charge in [0.15, 0.2) is 0 Å². The fourth-order valence-electron chi connectivity index (χ4n) is 1.53. The second-order valence-corrected chi connectivity index (χ2v) is 6.51. The number of nitrogen functional groups attached to an aromatic ring is 1. The molecule has 20 heavy (non-hydrogen) atoms. The van der Waals surface area contributed by atoms with Crippen LogP contribution in [0.5, 0.6) is 0 Å². The number of halogens is 2. The first-order valence-electron chi connectivity index (χ1n) is 5.50. The Morgan fingerprint density at radius 3 is 2.60 bits per heavy atom. The molecule has 0 unspecified atom stereocenters. The molecule has 8 heteroatoms. The van der Waals surface area contributed by atoms with Crippen molar-refractivity contribution >= 4 is 44.6 Å². The number of nitrogens with zero attached hydrogens (tertiary/aromatic N) is 1. The molecule has 2 aromatic rings. The Morgan fingerprint density at radius 1 is 1.25 bits per heavy atom. The van der Waals surface area contributed by atoms with E-state index in [0.717, 1.165) is 5.56 Å². The van der Waals surface area contributed by atoms with E-state index in [1.165, 1.54) is 18.3 Å². The maximum Gasteiger partial charge on any atom is 0.263 e. The summed E-state index contributed by atoms with van der Waals surface area (Å²) in [6.07, 6.45) is 2.99. The smallest absolute Gasteiger partial charge is 0.263 e. The number of pyridine rings is 1. The Balaban J connectivity index is 2.47. The molecule has 0 saturated carbocycles. The molecule has 0 atom stereocenters. The first-order valence-corrected chi connectivity index (χ1v) is 7.74. The summed E-state index contributed by atoms with van der Waals surface area (Å²) in [4.78, 5) is 3.74. The number of benzene rings is 1. The van der Waals surface area contributed by atoms with Crippen LogP contribution in [0.4, 0.5) is 11.4 Å². The molecule has 0 spiro atoms. The van der Waals surface area contributed by atoms with E-state index in [4.69, 9.17) is 28.9 Å². The number of aromatic nitrogens is 1. The highest BCUT2D eigenvalue weighted by atomic mass is 35.5. The number of anilines is 2. The predicted molar refractivity (Wildman–Crippen MR) is 80.7 cm³/mol. The molecule has 106 valence electrons. The summed E-state index contributed by atoms with van der Waals surface area (Å²) in [5.41, 5.74) is 6.77. The molecule has 0 saturated heterocycles. The minimum absolute atomic E-state index is 0.0270. The van der Waals surface area contributed by atoms with Gasteiger partial charge in [0.05, 0.1) is 27.6 Å². The molecule has 2 rings (SSSR count). The molecule has 0 amide bonds. The van der Waals surface area contributed by atoms with Crippen LogP contribution in [-0.2, 0) is 10.0 Å². The molecular formula is C12H11Cl2N3O2S. The van der Waals surface area contributed by atoms with Crippen molar-refractivity contribution in [2.45, 2.75) is 11.8 Å². The summed E-state index contributed by atoms with van der Waals surface area (Å²) in [5, 5.41) is 0.0954. The second kappa shape index (κ2) is 5.47. The second-order valence-electron chi connectivity index (χ2n) is 4.07. The van der Waals surface area contributed by atoms with Crippen molar-refractivity contribution in [3.05, 3.63) is 46.2 Å². The molecule has 0 aliphatic rings. The van der Waals surface area contributed by atoms with E-state index in [1.54, 1.807) is 19.2 Å². The van der Waals surface area contributed by atoms with Crippen LogP contribution >= 0.6 is 23.2 Å². The molecule has 0 aliphatic heterocycles. The Kier molecular flexibility index (Phi) is 4.08. The summed E-state index contributed by atoms with van der Waals surface area (Å²) in [5.74, 6) is 0. The molecule has 0 bridgehead atoms. The quantitative estimate of drug-likeness (QED) is 0.846. The third kappa shape index (κ3) is 2.82. The van der Waals surface area contributed by atoms with Crippen LogP contribution in [0.15, 0.2) is 35.5 Å². The van der Waals surface area contributed by atoms with Gasteiger partial charge in [-0.2, -0.15) is 0 Å². The van der Waals surface area contributed by atoms with E-state index in [1.807, 2.05) is 0 Å². The van der Waals surface area contributed by atoms with Crippen molar-refractivity contribution in [3.8, 4) is 0 Å². The van der Waals surface area contributed by atoms with E-state index >= 15 is 0 Å². The summed E-state index contributed by atoms with van der Waals surface area (Å²) >= 11 is 11.7. The lowest BCUT2D eigenvalue weighted by Crippen LogP contribution is -2.15. The Hall–Kier alpha value is -1.50. The fraction of sp³-hybridized carbons (Fsp3) is 0.0833. The highest BCUT2D eigenvalue weighted by Gasteiger charge is 2.21. The van der Waals surface area contributed by atoms with Gasteiger partial charge in [-0.05, 0) is 30.7 Å². The van der Waals surface area contributed by atoms with Crippen molar-refractivity contribution in [1.82, 2.24) is 4.98 Å². The number of sulfonamides is 1. The first kappa shape index (κ1) is 14.9. The van der Waals surface area contributed by atoms with Gasteiger partial charge in [0, 0.05) is 6.20 Å². The van der Waals surface area contributed by atoms with Gasteiger partial charge in [-0.3, -0.25) is 9.71 Å². The highest BCUT2D eigenvalue weighted by molar-refractivity contribution is 7.92. The minimum atomic E-state index is -3.87. The largest absolute Gasteiger partial charge is 0.396 e. The molecular weight excluding hydrogens is 321 g/mol. The Bertz CT molecular complexity index is 763. The van der Waals surface area contributed by atoms with Crippen molar-refractivity contribution in [3.63, 3.8) is 0 Å². The molecule has 1 aromatic heterocycles. The lowest BCUT2D eigenvalue weighted by Gasteiger charge is -2.12. The number of hydrogen-bond acceptors (Lipinski definition) is 4. The first-order chi connectivity index (χ1) is 9.33. The van der Waals surface area contributed by atoms with Crippen LogP contribution in [0.25, 0.3) is 0 Å². The van der Waals surface area contributed by atoms with Gasteiger partial charge in [0.2, 0.25) is 0 Å². The standard InChI is InChI=1S/C12H11Cl2N3O2S/c1-7-4-5-16-6-9(7)17-20(18,19)10-3-2-8(13)12(15)11(10)14/h2-6,17H,15H2,1H3. The fourth-order valence-corrected chi connectivity index (χ4v) is 3.41. The van der Waals surface area contributed by atoms with Crippen molar-refractivity contribution < 1.29 is 8.42 Å². The maximum absolute atomic E-state index is 12.3. The van der Waals surface area contributed by atoms with Crippen LogP contribution < -0.4 is 10.5 Å². The zero-order valence-corrected chi connectivity index (χ0v) is 12.7. The average molecular weight is 332 g/mol. The minimum Gasteiger partial charge on any atom is -0.396 e. The molecule has 0 fully saturated rings. The number of nitrogens with one attached hydrogen (secondary N) is 1. The van der Waals surface area contributed by atoms with E-state index < -0.39 is 10.0 Å². The number of aryl methyl sites for hydroxylation is 1. The number of rotatable bonds is 3. The molecule has 0 radical (unpaired) electrons. The Morgan fingerprint density at radius 2 is 1.95 bits per heavy atom. The summed E-state index contributed by atoms with van der Waals surface area (Å²) in [6, 6.07) is 4.37. The van der Waals surface area contributed by atoms with Gasteiger partial charge in [0.1, 0.15) is 4.90 Å². The summed E-state index contributed by atoms with van der Waals surface area (Å²) < 4.78 is 27.0. The Labute approximate surface area is 126 Å². The van der Waals surface area contributed by atoms with Gasteiger partial charge in [-0.1, -0.05) is 23.2 Å².